The highest BCUT2D eigenvalue weighted by atomic mass is 19.1. The molecule has 0 radical (unpaired) electrons. The number of aryl methyl sites for hydroxylation is 1. The van der Waals surface area contributed by atoms with Crippen molar-refractivity contribution >= 4 is 11.6 Å². The maximum absolute atomic E-state index is 13.5. The van der Waals surface area contributed by atoms with Gasteiger partial charge in [0.25, 0.3) is 5.56 Å². The quantitative estimate of drug-likeness (QED) is 0.752. The highest BCUT2D eigenvalue weighted by Gasteiger charge is 2.09. The van der Waals surface area contributed by atoms with Gasteiger partial charge in [0.15, 0.2) is 0 Å². The normalized spacial score (nSPS) is 10.5. The average Bonchev–Trinajstić information content (AvgIpc) is 2.66. The van der Waals surface area contributed by atoms with Gasteiger partial charge in [-0.2, -0.15) is 0 Å². The second-order valence-electron chi connectivity index (χ2n) is 5.98. The van der Waals surface area contributed by atoms with E-state index in [9.17, 15) is 14.0 Å². The molecule has 1 N–H and O–H groups in total. The third kappa shape index (κ3) is 4.38. The van der Waals surface area contributed by atoms with Crippen LogP contribution in [0.3, 0.4) is 0 Å². The predicted molar refractivity (Wildman–Crippen MR) is 100 cm³/mol. The summed E-state index contributed by atoms with van der Waals surface area (Å²) in [5.41, 5.74) is 1.72. The number of aromatic nitrogens is 2. The lowest BCUT2D eigenvalue weighted by molar-refractivity contribution is -0.116. The summed E-state index contributed by atoms with van der Waals surface area (Å²) in [6.07, 6.45) is 1.32. The van der Waals surface area contributed by atoms with Crippen LogP contribution in [0.1, 0.15) is 5.56 Å². The molecule has 0 aliphatic carbocycles. The second kappa shape index (κ2) is 7.82. The van der Waals surface area contributed by atoms with Gasteiger partial charge in [-0.15, -0.1) is 0 Å². The van der Waals surface area contributed by atoms with Crippen molar-refractivity contribution in [2.75, 3.05) is 12.4 Å². The van der Waals surface area contributed by atoms with Crippen LogP contribution in [0.25, 0.3) is 11.3 Å². The third-order valence-electron chi connectivity index (χ3n) is 4.03. The van der Waals surface area contributed by atoms with Crippen LogP contribution in [0.2, 0.25) is 0 Å². The Morgan fingerprint density at radius 2 is 1.93 bits per heavy atom. The Kier molecular flexibility index (Phi) is 5.30. The zero-order valence-corrected chi connectivity index (χ0v) is 14.9. The SMILES string of the molecule is COc1ccc(-c2cc(=O)n(CC(=O)Nc3ccc(C)c(F)c3)cn2)cc1. The standard InChI is InChI=1S/C20H18FN3O3/c1-13-3-6-15(9-17(13)21)23-19(25)11-24-12-22-18(10-20(24)26)14-4-7-16(27-2)8-5-14/h3-10,12H,11H2,1-2H3,(H,23,25). The first-order valence-electron chi connectivity index (χ1n) is 8.23. The summed E-state index contributed by atoms with van der Waals surface area (Å²) in [5.74, 6) is -0.147. The lowest BCUT2D eigenvalue weighted by Gasteiger charge is -2.09. The third-order valence-corrected chi connectivity index (χ3v) is 4.03. The Morgan fingerprint density at radius 1 is 1.19 bits per heavy atom. The van der Waals surface area contributed by atoms with E-state index in [0.29, 0.717) is 22.7 Å². The minimum absolute atomic E-state index is 0.218. The van der Waals surface area contributed by atoms with Gasteiger partial charge in [0, 0.05) is 17.3 Å². The van der Waals surface area contributed by atoms with Crippen LogP contribution in [0.5, 0.6) is 5.75 Å². The molecule has 138 valence electrons. The topological polar surface area (TPSA) is 73.2 Å². The molecule has 0 atom stereocenters. The molecule has 0 spiro atoms. The van der Waals surface area contributed by atoms with Gasteiger partial charge in [0.1, 0.15) is 18.1 Å². The lowest BCUT2D eigenvalue weighted by atomic mass is 10.1. The molecule has 0 saturated heterocycles. The van der Waals surface area contributed by atoms with Crippen LogP contribution >= 0.6 is 0 Å². The van der Waals surface area contributed by atoms with Crippen LogP contribution in [0.15, 0.2) is 59.7 Å². The van der Waals surface area contributed by atoms with Crippen LogP contribution in [0.4, 0.5) is 10.1 Å². The number of carbonyl (C=O) groups is 1. The summed E-state index contributed by atoms with van der Waals surface area (Å²) in [6.45, 7) is 1.42. The molecule has 3 aromatic rings. The number of benzene rings is 2. The molecule has 0 bridgehead atoms. The second-order valence-corrected chi connectivity index (χ2v) is 5.98. The highest BCUT2D eigenvalue weighted by molar-refractivity contribution is 5.90. The summed E-state index contributed by atoms with van der Waals surface area (Å²) in [4.78, 5) is 28.6. The fraction of sp³-hybridized carbons (Fsp3) is 0.150. The first-order valence-corrected chi connectivity index (χ1v) is 8.23. The van der Waals surface area contributed by atoms with Crippen molar-refractivity contribution in [1.29, 1.82) is 0 Å². The number of nitrogens with one attached hydrogen (secondary N) is 1. The summed E-state index contributed by atoms with van der Waals surface area (Å²) in [6, 6.07) is 12.9. The lowest BCUT2D eigenvalue weighted by Crippen LogP contribution is -2.27. The Hall–Kier alpha value is -3.48. The number of anilines is 1. The zero-order valence-electron chi connectivity index (χ0n) is 14.9. The molecule has 1 heterocycles. The monoisotopic (exact) mass is 367 g/mol. The van der Waals surface area contributed by atoms with Gasteiger partial charge >= 0.3 is 0 Å². The predicted octanol–water partition coefficient (Wildman–Crippen LogP) is 3.01. The number of methoxy groups -OCH3 is 1. The minimum Gasteiger partial charge on any atom is -0.497 e. The van der Waals surface area contributed by atoms with Crippen molar-refractivity contribution in [1.82, 2.24) is 9.55 Å². The van der Waals surface area contributed by atoms with Crippen LogP contribution in [-0.2, 0) is 11.3 Å². The molecule has 3 rings (SSSR count). The van der Waals surface area contributed by atoms with Gasteiger partial charge < -0.3 is 10.1 Å². The molecule has 27 heavy (non-hydrogen) atoms. The fourth-order valence-electron chi connectivity index (χ4n) is 2.49. The molecule has 7 heteroatoms. The summed E-state index contributed by atoms with van der Waals surface area (Å²) < 4.78 is 19.8. The van der Waals surface area contributed by atoms with Gasteiger partial charge in [-0.3, -0.25) is 14.2 Å². The van der Waals surface area contributed by atoms with E-state index in [0.717, 1.165) is 5.56 Å². The number of rotatable bonds is 5. The molecule has 1 aromatic heterocycles. The number of hydrogen-bond acceptors (Lipinski definition) is 4. The minimum atomic E-state index is -0.445. The van der Waals surface area contributed by atoms with E-state index in [1.807, 2.05) is 0 Å². The highest BCUT2D eigenvalue weighted by Crippen LogP contribution is 2.19. The molecule has 0 saturated carbocycles. The molecule has 6 nitrogen and oxygen atoms in total. The van der Waals surface area contributed by atoms with E-state index in [4.69, 9.17) is 4.74 Å². The van der Waals surface area contributed by atoms with E-state index in [-0.39, 0.29) is 12.1 Å². The van der Waals surface area contributed by atoms with Gasteiger partial charge in [-0.05, 0) is 48.9 Å². The molecule has 0 unspecified atom stereocenters. The van der Waals surface area contributed by atoms with Crippen molar-refractivity contribution in [3.05, 3.63) is 76.6 Å². The molecule has 1 amide bonds. The Morgan fingerprint density at radius 3 is 2.56 bits per heavy atom. The Bertz CT molecular complexity index is 1030. The molecule has 0 aliphatic heterocycles. The first kappa shape index (κ1) is 18.3. The van der Waals surface area contributed by atoms with Crippen molar-refractivity contribution in [2.24, 2.45) is 0 Å². The van der Waals surface area contributed by atoms with Gasteiger partial charge in [0.2, 0.25) is 5.91 Å². The number of hydrogen-bond donors (Lipinski definition) is 1. The largest absolute Gasteiger partial charge is 0.497 e. The van der Waals surface area contributed by atoms with Crippen LogP contribution < -0.4 is 15.6 Å². The van der Waals surface area contributed by atoms with Crippen LogP contribution in [-0.4, -0.2) is 22.6 Å². The fourth-order valence-corrected chi connectivity index (χ4v) is 2.49. The van der Waals surface area contributed by atoms with Crippen molar-refractivity contribution in [3.8, 4) is 17.0 Å². The Labute approximate surface area is 155 Å². The van der Waals surface area contributed by atoms with Gasteiger partial charge in [-0.25, -0.2) is 9.37 Å². The van der Waals surface area contributed by atoms with E-state index in [1.54, 1.807) is 50.4 Å². The van der Waals surface area contributed by atoms with Gasteiger partial charge in [-0.1, -0.05) is 6.07 Å². The van der Waals surface area contributed by atoms with Crippen molar-refractivity contribution in [2.45, 2.75) is 13.5 Å². The van der Waals surface area contributed by atoms with Crippen molar-refractivity contribution < 1.29 is 13.9 Å². The van der Waals surface area contributed by atoms with E-state index in [1.165, 1.54) is 23.0 Å². The average molecular weight is 367 g/mol. The number of ether oxygens (including phenoxy) is 1. The molecular weight excluding hydrogens is 349 g/mol. The van der Waals surface area contributed by atoms with E-state index < -0.39 is 11.7 Å². The van der Waals surface area contributed by atoms with Gasteiger partial charge in [0.05, 0.1) is 19.1 Å². The van der Waals surface area contributed by atoms with E-state index in [2.05, 4.69) is 10.3 Å². The number of nitrogens with zero attached hydrogens (tertiary/aromatic N) is 2. The Balaban J connectivity index is 1.72. The summed E-state index contributed by atoms with van der Waals surface area (Å²) in [5, 5.41) is 2.56. The summed E-state index contributed by atoms with van der Waals surface area (Å²) in [7, 11) is 1.57. The zero-order chi connectivity index (χ0) is 19.4. The molecular formula is C20H18FN3O3. The molecule has 0 fully saturated rings. The van der Waals surface area contributed by atoms with Crippen molar-refractivity contribution in [3.63, 3.8) is 0 Å². The number of amides is 1. The summed E-state index contributed by atoms with van der Waals surface area (Å²) >= 11 is 0. The number of halogens is 1. The molecule has 0 aliphatic rings. The smallest absolute Gasteiger partial charge is 0.254 e. The van der Waals surface area contributed by atoms with Crippen LogP contribution in [0, 0.1) is 12.7 Å². The maximum atomic E-state index is 13.5. The molecule has 2 aromatic carbocycles. The number of carbonyl (C=O) groups excluding carboxylic acids is 1. The van der Waals surface area contributed by atoms with E-state index >= 15 is 0 Å². The maximum Gasteiger partial charge on any atom is 0.254 e. The first-order chi connectivity index (χ1) is 13.0.